The van der Waals surface area contributed by atoms with E-state index in [2.05, 4.69) is 39.9 Å². The first-order chi connectivity index (χ1) is 7.13. The summed E-state index contributed by atoms with van der Waals surface area (Å²) in [5, 5.41) is 3.64. The van der Waals surface area contributed by atoms with Crippen LogP contribution in [0.5, 0.6) is 0 Å². The number of hydrogen-bond donors (Lipinski definition) is 1. The Hall–Kier alpha value is -0.0400. The highest BCUT2D eigenvalue weighted by Gasteiger charge is 2.13. The highest BCUT2D eigenvalue weighted by atomic mass is 14.9. The molecule has 0 saturated carbocycles. The van der Waals surface area contributed by atoms with E-state index in [4.69, 9.17) is 0 Å². The Balaban J connectivity index is 3.90. The molecule has 0 saturated heterocycles. The quantitative estimate of drug-likeness (QED) is 0.604. The Kier molecular flexibility index (Phi) is 9.18. The molecule has 0 aliphatic rings. The Morgan fingerprint density at radius 1 is 0.933 bits per heavy atom. The van der Waals surface area contributed by atoms with Crippen LogP contribution in [0.3, 0.4) is 0 Å². The van der Waals surface area contributed by atoms with Gasteiger partial charge < -0.3 is 5.32 Å². The van der Waals surface area contributed by atoms with Crippen LogP contribution in [-0.2, 0) is 0 Å². The molecule has 0 aliphatic carbocycles. The summed E-state index contributed by atoms with van der Waals surface area (Å²) < 4.78 is 0. The number of hydrogen-bond acceptors (Lipinski definition) is 1. The molecule has 0 aromatic carbocycles. The lowest BCUT2D eigenvalue weighted by atomic mass is 9.91. The molecule has 92 valence electrons. The predicted molar refractivity (Wildman–Crippen MR) is 70.2 cm³/mol. The van der Waals surface area contributed by atoms with Gasteiger partial charge in [-0.1, -0.05) is 47.5 Å². The molecule has 1 unspecified atom stereocenters. The van der Waals surface area contributed by atoms with Crippen LogP contribution in [0.2, 0.25) is 0 Å². The van der Waals surface area contributed by atoms with E-state index in [1.165, 1.54) is 32.1 Å². The van der Waals surface area contributed by atoms with Gasteiger partial charge in [0.25, 0.3) is 0 Å². The van der Waals surface area contributed by atoms with Crippen molar-refractivity contribution in [3.63, 3.8) is 0 Å². The van der Waals surface area contributed by atoms with Crippen LogP contribution in [0.15, 0.2) is 0 Å². The maximum atomic E-state index is 3.64. The van der Waals surface area contributed by atoms with E-state index in [1.807, 2.05) is 0 Å². The molecular formula is C14H31N. The third kappa shape index (κ3) is 7.84. The molecule has 1 atom stereocenters. The van der Waals surface area contributed by atoms with E-state index in [1.54, 1.807) is 0 Å². The zero-order chi connectivity index (χ0) is 11.7. The first-order valence-corrected chi connectivity index (χ1v) is 6.87. The maximum absolute atomic E-state index is 3.64. The third-order valence-electron chi connectivity index (χ3n) is 3.36. The van der Waals surface area contributed by atoms with Gasteiger partial charge in [-0.05, 0) is 37.6 Å². The highest BCUT2D eigenvalue weighted by Crippen LogP contribution is 2.18. The minimum atomic E-state index is 0.752. The van der Waals surface area contributed by atoms with E-state index in [0.29, 0.717) is 0 Å². The van der Waals surface area contributed by atoms with Gasteiger partial charge in [0.05, 0.1) is 0 Å². The Bertz CT molecular complexity index is 127. The van der Waals surface area contributed by atoms with Gasteiger partial charge in [0.15, 0.2) is 0 Å². The van der Waals surface area contributed by atoms with Crippen LogP contribution in [0.4, 0.5) is 0 Å². The highest BCUT2D eigenvalue weighted by molar-refractivity contribution is 4.71. The third-order valence-corrected chi connectivity index (χ3v) is 3.36. The summed E-state index contributed by atoms with van der Waals surface area (Å²) in [6, 6.07) is 0.752. The molecule has 0 radical (unpaired) electrons. The van der Waals surface area contributed by atoms with Crippen molar-refractivity contribution in [2.45, 2.75) is 72.8 Å². The van der Waals surface area contributed by atoms with Crippen molar-refractivity contribution < 1.29 is 0 Å². The van der Waals surface area contributed by atoms with Crippen LogP contribution >= 0.6 is 0 Å². The molecule has 0 aromatic rings. The fraction of sp³-hybridized carbons (Fsp3) is 1.00. The summed E-state index contributed by atoms with van der Waals surface area (Å²) in [6.07, 6.45) is 6.74. The topological polar surface area (TPSA) is 12.0 Å². The standard InChI is InChI=1S/C14H31N/c1-6-13(7-2)11-14(15-8-3)10-9-12(4)5/h12-15H,6-11H2,1-5H3. The molecule has 0 amide bonds. The van der Waals surface area contributed by atoms with Crippen LogP contribution in [-0.4, -0.2) is 12.6 Å². The molecule has 1 heteroatoms. The minimum absolute atomic E-state index is 0.752. The van der Waals surface area contributed by atoms with Crippen molar-refractivity contribution >= 4 is 0 Å². The Morgan fingerprint density at radius 2 is 1.53 bits per heavy atom. The van der Waals surface area contributed by atoms with Crippen molar-refractivity contribution in [1.82, 2.24) is 5.32 Å². The van der Waals surface area contributed by atoms with Gasteiger partial charge in [-0.3, -0.25) is 0 Å². The van der Waals surface area contributed by atoms with Crippen LogP contribution in [0.25, 0.3) is 0 Å². The Morgan fingerprint density at radius 3 is 1.93 bits per heavy atom. The molecule has 1 N–H and O–H groups in total. The monoisotopic (exact) mass is 213 g/mol. The molecule has 0 aromatic heterocycles. The minimum Gasteiger partial charge on any atom is -0.314 e. The first kappa shape index (κ1) is 15.0. The second kappa shape index (κ2) is 9.21. The maximum Gasteiger partial charge on any atom is 0.00696 e. The SMILES string of the molecule is CCNC(CCC(C)C)CC(CC)CC. The summed E-state index contributed by atoms with van der Waals surface area (Å²) in [7, 11) is 0. The molecule has 0 bridgehead atoms. The fourth-order valence-corrected chi connectivity index (χ4v) is 2.15. The predicted octanol–water partition coefficient (Wildman–Crippen LogP) is 4.23. The lowest BCUT2D eigenvalue weighted by Gasteiger charge is -2.23. The second-order valence-corrected chi connectivity index (χ2v) is 5.14. The van der Waals surface area contributed by atoms with Crippen molar-refractivity contribution in [2.75, 3.05) is 6.54 Å². The molecule has 0 aliphatic heterocycles. The lowest BCUT2D eigenvalue weighted by molar-refractivity contribution is 0.339. The van der Waals surface area contributed by atoms with E-state index in [0.717, 1.165) is 24.4 Å². The van der Waals surface area contributed by atoms with Gasteiger partial charge in [-0.15, -0.1) is 0 Å². The zero-order valence-corrected chi connectivity index (χ0v) is 11.5. The van der Waals surface area contributed by atoms with Crippen molar-refractivity contribution in [3.8, 4) is 0 Å². The smallest absolute Gasteiger partial charge is 0.00696 e. The number of rotatable bonds is 9. The van der Waals surface area contributed by atoms with Gasteiger partial charge in [-0.2, -0.15) is 0 Å². The van der Waals surface area contributed by atoms with E-state index in [9.17, 15) is 0 Å². The van der Waals surface area contributed by atoms with E-state index < -0.39 is 0 Å². The van der Waals surface area contributed by atoms with Crippen molar-refractivity contribution in [2.24, 2.45) is 11.8 Å². The van der Waals surface area contributed by atoms with Gasteiger partial charge in [0.2, 0.25) is 0 Å². The molecule has 1 nitrogen and oxygen atoms in total. The molecule has 0 rings (SSSR count). The molecule has 0 spiro atoms. The van der Waals surface area contributed by atoms with Crippen LogP contribution in [0, 0.1) is 11.8 Å². The molecule has 15 heavy (non-hydrogen) atoms. The second-order valence-electron chi connectivity index (χ2n) is 5.14. The largest absolute Gasteiger partial charge is 0.314 e. The van der Waals surface area contributed by atoms with Gasteiger partial charge >= 0.3 is 0 Å². The molecule has 0 heterocycles. The van der Waals surface area contributed by atoms with Gasteiger partial charge in [0, 0.05) is 6.04 Å². The Labute approximate surface area is 97.0 Å². The van der Waals surface area contributed by atoms with Crippen molar-refractivity contribution in [3.05, 3.63) is 0 Å². The van der Waals surface area contributed by atoms with E-state index >= 15 is 0 Å². The fourth-order valence-electron chi connectivity index (χ4n) is 2.15. The zero-order valence-electron chi connectivity index (χ0n) is 11.5. The summed E-state index contributed by atoms with van der Waals surface area (Å²) in [5.74, 6) is 1.76. The van der Waals surface area contributed by atoms with Crippen molar-refractivity contribution in [1.29, 1.82) is 0 Å². The average molecular weight is 213 g/mol. The first-order valence-electron chi connectivity index (χ1n) is 6.87. The summed E-state index contributed by atoms with van der Waals surface area (Å²) in [4.78, 5) is 0. The summed E-state index contributed by atoms with van der Waals surface area (Å²) >= 11 is 0. The summed E-state index contributed by atoms with van der Waals surface area (Å²) in [6.45, 7) is 12.6. The van der Waals surface area contributed by atoms with Crippen LogP contribution < -0.4 is 5.32 Å². The molecule has 0 fully saturated rings. The normalized spacial score (nSPS) is 13.8. The lowest BCUT2D eigenvalue weighted by Crippen LogP contribution is -2.31. The summed E-state index contributed by atoms with van der Waals surface area (Å²) in [5.41, 5.74) is 0. The molecular weight excluding hydrogens is 182 g/mol. The van der Waals surface area contributed by atoms with Gasteiger partial charge in [-0.25, -0.2) is 0 Å². The average Bonchev–Trinajstić information content (AvgIpc) is 2.22. The van der Waals surface area contributed by atoms with Crippen LogP contribution in [0.1, 0.15) is 66.7 Å². The van der Waals surface area contributed by atoms with Gasteiger partial charge in [0.1, 0.15) is 0 Å². The number of nitrogens with one attached hydrogen (secondary N) is 1. The van der Waals surface area contributed by atoms with E-state index in [-0.39, 0.29) is 0 Å².